The highest BCUT2D eigenvalue weighted by Crippen LogP contribution is 2.15. The van der Waals surface area contributed by atoms with E-state index in [2.05, 4.69) is 15.3 Å². The molecule has 2 aromatic rings. The number of amides is 1. The number of carbonyl (C=O) groups excluding carboxylic acids is 1. The van der Waals surface area contributed by atoms with Gasteiger partial charge in [-0.15, -0.1) is 0 Å². The number of aromatic nitrogens is 4. The van der Waals surface area contributed by atoms with Gasteiger partial charge in [-0.1, -0.05) is 0 Å². The van der Waals surface area contributed by atoms with Crippen molar-refractivity contribution in [1.29, 1.82) is 0 Å². The molecular formula is C16H25N5O. The number of hydrogen-bond acceptors (Lipinski definition) is 3. The molecular weight excluding hydrogens is 278 g/mol. The van der Waals surface area contributed by atoms with Crippen LogP contribution in [0, 0.1) is 27.7 Å². The number of nitrogens with zero attached hydrogens (tertiary/aromatic N) is 4. The summed E-state index contributed by atoms with van der Waals surface area (Å²) in [6.07, 6.45) is 1.85. The third kappa shape index (κ3) is 3.05. The molecule has 6 nitrogen and oxygen atoms in total. The summed E-state index contributed by atoms with van der Waals surface area (Å²) in [7, 11) is 3.72. The van der Waals surface area contributed by atoms with Crippen molar-refractivity contribution < 1.29 is 4.79 Å². The molecule has 120 valence electrons. The fourth-order valence-electron chi connectivity index (χ4n) is 2.81. The van der Waals surface area contributed by atoms with Gasteiger partial charge >= 0.3 is 0 Å². The fraction of sp³-hybridized carbons (Fsp3) is 0.562. The van der Waals surface area contributed by atoms with Crippen LogP contribution in [0.2, 0.25) is 0 Å². The molecule has 0 unspecified atom stereocenters. The molecule has 1 N–H and O–H groups in total. The third-order valence-electron chi connectivity index (χ3n) is 4.27. The Labute approximate surface area is 131 Å². The molecule has 0 atom stereocenters. The van der Waals surface area contributed by atoms with E-state index >= 15 is 0 Å². The highest BCUT2D eigenvalue weighted by molar-refractivity contribution is 5.96. The molecule has 0 radical (unpaired) electrons. The molecule has 0 spiro atoms. The van der Waals surface area contributed by atoms with Crippen LogP contribution in [0.5, 0.6) is 0 Å². The summed E-state index contributed by atoms with van der Waals surface area (Å²) >= 11 is 0. The lowest BCUT2D eigenvalue weighted by molar-refractivity contribution is 0.0792. The second-order valence-corrected chi connectivity index (χ2v) is 5.91. The first-order chi connectivity index (χ1) is 10.3. The summed E-state index contributed by atoms with van der Waals surface area (Å²) in [4.78, 5) is 14.4. The van der Waals surface area contributed by atoms with Crippen molar-refractivity contribution in [3.63, 3.8) is 0 Å². The Balaban J connectivity index is 1.97. The van der Waals surface area contributed by atoms with E-state index in [0.717, 1.165) is 47.7 Å². The zero-order valence-corrected chi connectivity index (χ0v) is 14.3. The number of carbonyl (C=O) groups is 1. The van der Waals surface area contributed by atoms with Gasteiger partial charge in [0.05, 0.1) is 17.0 Å². The van der Waals surface area contributed by atoms with Crippen LogP contribution in [0.4, 0.5) is 0 Å². The molecule has 6 heteroatoms. The Hall–Kier alpha value is -2.11. The lowest BCUT2D eigenvalue weighted by Gasteiger charge is -2.17. The maximum absolute atomic E-state index is 12.6. The number of H-pyrrole nitrogens is 1. The van der Waals surface area contributed by atoms with Crippen molar-refractivity contribution in [1.82, 2.24) is 24.9 Å². The predicted octanol–water partition coefficient (Wildman–Crippen LogP) is 2.08. The quantitative estimate of drug-likeness (QED) is 0.919. The first-order valence-corrected chi connectivity index (χ1v) is 7.59. The third-order valence-corrected chi connectivity index (χ3v) is 4.27. The van der Waals surface area contributed by atoms with Crippen LogP contribution in [0.15, 0.2) is 0 Å². The molecule has 0 saturated heterocycles. The van der Waals surface area contributed by atoms with Gasteiger partial charge in [0.15, 0.2) is 0 Å². The molecule has 1 amide bonds. The standard InChI is InChI=1S/C16H25N5O/c1-10-14(11(2)18-17-10)8-7-9-20(5)16(22)15-12(3)19-21(6)13(15)4/h7-9H2,1-6H3,(H,17,18). The van der Waals surface area contributed by atoms with Crippen LogP contribution in [0.3, 0.4) is 0 Å². The van der Waals surface area contributed by atoms with Crippen LogP contribution >= 0.6 is 0 Å². The average molecular weight is 303 g/mol. The van der Waals surface area contributed by atoms with Gasteiger partial charge in [0.1, 0.15) is 0 Å². The van der Waals surface area contributed by atoms with E-state index in [0.29, 0.717) is 0 Å². The largest absolute Gasteiger partial charge is 0.342 e. The molecule has 0 aliphatic rings. The lowest BCUT2D eigenvalue weighted by atomic mass is 10.1. The normalized spacial score (nSPS) is 11.0. The number of nitrogens with one attached hydrogen (secondary N) is 1. The summed E-state index contributed by atoms with van der Waals surface area (Å²) in [6, 6.07) is 0. The first-order valence-electron chi connectivity index (χ1n) is 7.59. The van der Waals surface area contributed by atoms with Gasteiger partial charge in [0, 0.05) is 32.0 Å². The van der Waals surface area contributed by atoms with E-state index < -0.39 is 0 Å². The minimum atomic E-state index is 0.0451. The molecule has 2 rings (SSSR count). The van der Waals surface area contributed by atoms with Gasteiger partial charge in [0.25, 0.3) is 5.91 Å². The molecule has 0 aliphatic heterocycles. The Kier molecular flexibility index (Phi) is 4.68. The highest BCUT2D eigenvalue weighted by atomic mass is 16.2. The van der Waals surface area contributed by atoms with Crippen molar-refractivity contribution >= 4 is 5.91 Å². The van der Waals surface area contributed by atoms with Crippen LogP contribution in [0.25, 0.3) is 0 Å². The Morgan fingerprint density at radius 1 is 1.23 bits per heavy atom. The van der Waals surface area contributed by atoms with Crippen molar-refractivity contribution in [3.05, 3.63) is 33.9 Å². The fourth-order valence-corrected chi connectivity index (χ4v) is 2.81. The zero-order chi connectivity index (χ0) is 16.4. The van der Waals surface area contributed by atoms with E-state index in [1.807, 2.05) is 41.8 Å². The smallest absolute Gasteiger partial charge is 0.257 e. The SMILES string of the molecule is Cc1n[nH]c(C)c1CCCN(C)C(=O)c1c(C)nn(C)c1C. The van der Waals surface area contributed by atoms with E-state index in [4.69, 9.17) is 0 Å². The number of aromatic amines is 1. The summed E-state index contributed by atoms with van der Waals surface area (Å²) in [5.41, 5.74) is 5.85. The van der Waals surface area contributed by atoms with Gasteiger partial charge < -0.3 is 4.90 Å². The van der Waals surface area contributed by atoms with Gasteiger partial charge in [-0.25, -0.2) is 0 Å². The van der Waals surface area contributed by atoms with Crippen molar-refractivity contribution in [2.75, 3.05) is 13.6 Å². The average Bonchev–Trinajstić information content (AvgIpc) is 2.90. The maximum Gasteiger partial charge on any atom is 0.257 e. The summed E-state index contributed by atoms with van der Waals surface area (Å²) < 4.78 is 1.76. The van der Waals surface area contributed by atoms with Gasteiger partial charge in [0.2, 0.25) is 0 Å². The van der Waals surface area contributed by atoms with Crippen molar-refractivity contribution in [2.45, 2.75) is 40.5 Å². The number of aryl methyl sites for hydroxylation is 4. The van der Waals surface area contributed by atoms with Crippen molar-refractivity contribution in [2.24, 2.45) is 7.05 Å². The molecule has 0 fully saturated rings. The Morgan fingerprint density at radius 3 is 2.41 bits per heavy atom. The van der Waals surface area contributed by atoms with E-state index in [1.54, 1.807) is 9.58 Å². The molecule has 2 heterocycles. The number of rotatable bonds is 5. The van der Waals surface area contributed by atoms with Gasteiger partial charge in [-0.05, 0) is 46.1 Å². The van der Waals surface area contributed by atoms with E-state index in [1.165, 1.54) is 5.56 Å². The van der Waals surface area contributed by atoms with Crippen LogP contribution in [-0.4, -0.2) is 44.4 Å². The number of hydrogen-bond donors (Lipinski definition) is 1. The Bertz CT molecular complexity index is 664. The molecule has 2 aromatic heterocycles. The summed E-state index contributed by atoms with van der Waals surface area (Å²) in [5.74, 6) is 0.0451. The minimum Gasteiger partial charge on any atom is -0.342 e. The van der Waals surface area contributed by atoms with E-state index in [-0.39, 0.29) is 5.91 Å². The van der Waals surface area contributed by atoms with Crippen molar-refractivity contribution in [3.8, 4) is 0 Å². The maximum atomic E-state index is 12.6. The second kappa shape index (κ2) is 6.34. The minimum absolute atomic E-state index is 0.0451. The lowest BCUT2D eigenvalue weighted by Crippen LogP contribution is -2.29. The molecule has 0 aliphatic carbocycles. The predicted molar refractivity (Wildman–Crippen MR) is 86.0 cm³/mol. The topological polar surface area (TPSA) is 66.8 Å². The molecule has 0 aromatic carbocycles. The Morgan fingerprint density at radius 2 is 1.91 bits per heavy atom. The summed E-state index contributed by atoms with van der Waals surface area (Å²) in [5, 5.41) is 11.5. The van der Waals surface area contributed by atoms with Gasteiger partial charge in [-0.2, -0.15) is 10.2 Å². The van der Waals surface area contributed by atoms with Crippen LogP contribution in [-0.2, 0) is 13.5 Å². The molecule has 22 heavy (non-hydrogen) atoms. The molecule has 0 bridgehead atoms. The first kappa shape index (κ1) is 16.3. The monoisotopic (exact) mass is 303 g/mol. The van der Waals surface area contributed by atoms with Crippen LogP contribution in [0.1, 0.15) is 45.1 Å². The zero-order valence-electron chi connectivity index (χ0n) is 14.3. The van der Waals surface area contributed by atoms with Crippen LogP contribution < -0.4 is 0 Å². The highest BCUT2D eigenvalue weighted by Gasteiger charge is 2.20. The van der Waals surface area contributed by atoms with Gasteiger partial charge in [-0.3, -0.25) is 14.6 Å². The van der Waals surface area contributed by atoms with E-state index in [9.17, 15) is 4.79 Å². The second-order valence-electron chi connectivity index (χ2n) is 5.91. The summed E-state index contributed by atoms with van der Waals surface area (Å²) in [6.45, 7) is 8.57. The molecule has 0 saturated carbocycles.